The summed E-state index contributed by atoms with van der Waals surface area (Å²) in [5, 5.41) is 13.8. The monoisotopic (exact) mass is 287 g/mol. The number of ether oxygens (including phenoxy) is 2. The highest BCUT2D eigenvalue weighted by atomic mass is 16.7. The van der Waals surface area contributed by atoms with E-state index in [1.54, 1.807) is 6.07 Å². The van der Waals surface area contributed by atoms with Crippen LogP contribution in [0.4, 0.5) is 17.1 Å². The van der Waals surface area contributed by atoms with Crippen molar-refractivity contribution in [1.82, 2.24) is 0 Å². The van der Waals surface area contributed by atoms with Gasteiger partial charge in [0.25, 0.3) is 5.69 Å². The zero-order valence-electron chi connectivity index (χ0n) is 11.0. The molecule has 7 heteroatoms. The number of nitrogens with zero attached hydrogens (tertiary/aromatic N) is 1. The van der Waals surface area contributed by atoms with E-state index in [0.29, 0.717) is 23.7 Å². The second-order valence-electron chi connectivity index (χ2n) is 4.57. The number of anilines is 2. The Morgan fingerprint density at radius 2 is 2.00 bits per heavy atom. The van der Waals surface area contributed by atoms with E-state index in [4.69, 9.17) is 15.2 Å². The van der Waals surface area contributed by atoms with Crippen LogP contribution in [-0.4, -0.2) is 11.7 Å². The van der Waals surface area contributed by atoms with Crippen molar-refractivity contribution >= 4 is 17.1 Å². The van der Waals surface area contributed by atoms with Crippen molar-refractivity contribution in [3.05, 3.63) is 52.1 Å². The molecule has 1 heterocycles. The molecule has 0 bridgehead atoms. The summed E-state index contributed by atoms with van der Waals surface area (Å²) in [5.41, 5.74) is 7.76. The van der Waals surface area contributed by atoms with E-state index in [1.807, 2.05) is 18.2 Å². The number of benzene rings is 2. The van der Waals surface area contributed by atoms with Gasteiger partial charge in [-0.15, -0.1) is 0 Å². The Morgan fingerprint density at radius 3 is 2.76 bits per heavy atom. The lowest BCUT2D eigenvalue weighted by Crippen LogP contribution is -2.03. The summed E-state index contributed by atoms with van der Waals surface area (Å²) in [6, 6.07) is 10.00. The Morgan fingerprint density at radius 1 is 1.19 bits per heavy atom. The molecule has 0 aromatic heterocycles. The average molecular weight is 287 g/mol. The van der Waals surface area contributed by atoms with E-state index in [9.17, 15) is 10.1 Å². The van der Waals surface area contributed by atoms with E-state index < -0.39 is 4.92 Å². The van der Waals surface area contributed by atoms with Crippen LogP contribution in [-0.2, 0) is 6.54 Å². The lowest BCUT2D eigenvalue weighted by molar-refractivity contribution is -0.384. The van der Waals surface area contributed by atoms with Crippen LogP contribution in [0.2, 0.25) is 0 Å². The Kier molecular flexibility index (Phi) is 3.23. The third-order valence-corrected chi connectivity index (χ3v) is 3.17. The summed E-state index contributed by atoms with van der Waals surface area (Å²) in [7, 11) is 0. The largest absolute Gasteiger partial charge is 0.454 e. The molecule has 1 aliphatic rings. The molecule has 0 saturated heterocycles. The standard InChI is InChI=1S/C14H13N3O4/c15-11-6-10(17(18)19)2-3-12(11)16-7-9-1-4-13-14(5-9)21-8-20-13/h1-6,16H,7-8,15H2. The van der Waals surface area contributed by atoms with Gasteiger partial charge in [-0.1, -0.05) is 6.07 Å². The molecule has 0 spiro atoms. The van der Waals surface area contributed by atoms with Crippen LogP contribution < -0.4 is 20.5 Å². The van der Waals surface area contributed by atoms with Crippen molar-refractivity contribution in [3.63, 3.8) is 0 Å². The number of non-ortho nitro benzene ring substituents is 1. The predicted molar refractivity (Wildman–Crippen MR) is 77.4 cm³/mol. The molecule has 0 atom stereocenters. The summed E-state index contributed by atoms with van der Waals surface area (Å²) < 4.78 is 10.6. The third kappa shape index (κ3) is 2.66. The Bertz CT molecular complexity index is 703. The number of rotatable bonds is 4. The minimum Gasteiger partial charge on any atom is -0.454 e. The first kappa shape index (κ1) is 13.0. The van der Waals surface area contributed by atoms with E-state index in [0.717, 1.165) is 11.3 Å². The van der Waals surface area contributed by atoms with Crippen LogP contribution in [0.3, 0.4) is 0 Å². The van der Waals surface area contributed by atoms with Gasteiger partial charge in [-0.2, -0.15) is 0 Å². The van der Waals surface area contributed by atoms with E-state index >= 15 is 0 Å². The average Bonchev–Trinajstić information content (AvgIpc) is 2.93. The molecule has 3 N–H and O–H groups in total. The molecule has 108 valence electrons. The molecule has 2 aromatic carbocycles. The quantitative estimate of drug-likeness (QED) is 0.509. The highest BCUT2D eigenvalue weighted by molar-refractivity contribution is 5.69. The van der Waals surface area contributed by atoms with Crippen molar-refractivity contribution in [2.24, 2.45) is 0 Å². The molecule has 21 heavy (non-hydrogen) atoms. The predicted octanol–water partition coefficient (Wildman–Crippen LogP) is 2.52. The SMILES string of the molecule is Nc1cc([N+](=O)[O-])ccc1NCc1ccc2c(c1)OCO2. The summed E-state index contributed by atoms with van der Waals surface area (Å²) in [6.45, 7) is 0.764. The van der Waals surface area contributed by atoms with Gasteiger partial charge >= 0.3 is 0 Å². The smallest absolute Gasteiger partial charge is 0.271 e. The number of nitro benzene ring substituents is 1. The first-order valence-electron chi connectivity index (χ1n) is 6.30. The summed E-state index contributed by atoms with van der Waals surface area (Å²) in [6.07, 6.45) is 0. The first-order valence-corrected chi connectivity index (χ1v) is 6.30. The fourth-order valence-corrected chi connectivity index (χ4v) is 2.07. The number of nitro groups is 1. The fraction of sp³-hybridized carbons (Fsp3) is 0.143. The van der Waals surface area contributed by atoms with E-state index in [1.165, 1.54) is 12.1 Å². The van der Waals surface area contributed by atoms with Gasteiger partial charge < -0.3 is 20.5 Å². The van der Waals surface area contributed by atoms with Crippen molar-refractivity contribution in [2.45, 2.75) is 6.54 Å². The molecule has 0 amide bonds. The normalized spacial score (nSPS) is 12.2. The molecular formula is C14H13N3O4. The highest BCUT2D eigenvalue weighted by Gasteiger charge is 2.13. The maximum Gasteiger partial charge on any atom is 0.271 e. The van der Waals surface area contributed by atoms with Crippen molar-refractivity contribution in [1.29, 1.82) is 0 Å². The maximum absolute atomic E-state index is 10.7. The molecule has 0 unspecified atom stereocenters. The third-order valence-electron chi connectivity index (χ3n) is 3.17. The molecule has 3 rings (SSSR count). The minimum absolute atomic E-state index is 0.0267. The van der Waals surface area contributed by atoms with Crippen LogP contribution in [0, 0.1) is 10.1 Å². The number of nitrogen functional groups attached to an aromatic ring is 1. The van der Waals surface area contributed by atoms with Crippen LogP contribution in [0.1, 0.15) is 5.56 Å². The second-order valence-corrected chi connectivity index (χ2v) is 4.57. The zero-order valence-corrected chi connectivity index (χ0v) is 11.0. The number of nitrogens with one attached hydrogen (secondary N) is 1. The lowest BCUT2D eigenvalue weighted by atomic mass is 10.2. The van der Waals surface area contributed by atoms with Gasteiger partial charge in [-0.05, 0) is 23.8 Å². The van der Waals surface area contributed by atoms with Gasteiger partial charge in [-0.3, -0.25) is 10.1 Å². The molecular weight excluding hydrogens is 274 g/mol. The van der Waals surface area contributed by atoms with Gasteiger partial charge in [0, 0.05) is 18.7 Å². The Balaban J connectivity index is 1.71. The summed E-state index contributed by atoms with van der Waals surface area (Å²) >= 11 is 0. The van der Waals surface area contributed by atoms with Gasteiger partial charge in [0.15, 0.2) is 11.5 Å². The lowest BCUT2D eigenvalue weighted by Gasteiger charge is -2.09. The fourth-order valence-electron chi connectivity index (χ4n) is 2.07. The molecule has 1 aliphatic heterocycles. The molecule has 7 nitrogen and oxygen atoms in total. The van der Waals surface area contributed by atoms with E-state index in [2.05, 4.69) is 5.32 Å². The van der Waals surface area contributed by atoms with Crippen LogP contribution in [0.15, 0.2) is 36.4 Å². The molecule has 0 fully saturated rings. The first-order chi connectivity index (χ1) is 10.1. The maximum atomic E-state index is 10.7. The summed E-state index contributed by atoms with van der Waals surface area (Å²) in [5.74, 6) is 1.44. The minimum atomic E-state index is -0.474. The highest BCUT2D eigenvalue weighted by Crippen LogP contribution is 2.33. The van der Waals surface area contributed by atoms with Gasteiger partial charge in [0.1, 0.15) is 0 Å². The molecule has 2 aromatic rings. The topological polar surface area (TPSA) is 99.7 Å². The van der Waals surface area contributed by atoms with Crippen LogP contribution in [0.25, 0.3) is 0 Å². The Hall–Kier alpha value is -2.96. The van der Waals surface area contributed by atoms with E-state index in [-0.39, 0.29) is 12.5 Å². The van der Waals surface area contributed by atoms with Crippen LogP contribution >= 0.6 is 0 Å². The van der Waals surface area contributed by atoms with Gasteiger partial charge in [0.2, 0.25) is 6.79 Å². The van der Waals surface area contributed by atoms with Gasteiger partial charge in [-0.25, -0.2) is 0 Å². The molecule has 0 aliphatic carbocycles. The second kappa shape index (κ2) is 5.20. The van der Waals surface area contributed by atoms with Crippen molar-refractivity contribution in [2.75, 3.05) is 17.8 Å². The van der Waals surface area contributed by atoms with Crippen molar-refractivity contribution in [3.8, 4) is 11.5 Å². The molecule has 0 saturated carbocycles. The molecule has 0 radical (unpaired) electrons. The van der Waals surface area contributed by atoms with Crippen LogP contribution in [0.5, 0.6) is 11.5 Å². The number of fused-ring (bicyclic) bond motifs is 1. The summed E-state index contributed by atoms with van der Waals surface area (Å²) in [4.78, 5) is 10.2. The van der Waals surface area contributed by atoms with Crippen molar-refractivity contribution < 1.29 is 14.4 Å². The number of hydrogen-bond donors (Lipinski definition) is 2. The number of hydrogen-bond acceptors (Lipinski definition) is 6. The number of nitrogens with two attached hydrogens (primary N) is 1. The van der Waals surface area contributed by atoms with Gasteiger partial charge in [0.05, 0.1) is 16.3 Å². The zero-order chi connectivity index (χ0) is 14.8. The Labute approximate surface area is 120 Å².